The number of amides is 1. The van der Waals surface area contributed by atoms with Crippen LogP contribution in [0, 0.1) is 20.8 Å². The van der Waals surface area contributed by atoms with Crippen LogP contribution >= 0.6 is 0 Å². The lowest BCUT2D eigenvalue weighted by Crippen LogP contribution is -2.19. The molecule has 164 valence electrons. The number of nitrogens with zero attached hydrogens (tertiary/aromatic N) is 3. The Hall–Kier alpha value is -2.94. The largest absolute Gasteiger partial charge is 0.441 e. The van der Waals surface area contributed by atoms with E-state index in [9.17, 15) is 13.2 Å². The lowest BCUT2D eigenvalue weighted by molar-refractivity contribution is -0.116. The third-order valence-corrected chi connectivity index (χ3v) is 7.34. The molecule has 0 saturated carbocycles. The third-order valence-electron chi connectivity index (χ3n) is 5.59. The average molecular weight is 443 g/mol. The Bertz CT molecular complexity index is 1230. The zero-order valence-corrected chi connectivity index (χ0v) is 18.7. The first-order valence-electron chi connectivity index (χ1n) is 10.3. The number of aryl methyl sites for hydroxylation is 4. The topological polar surface area (TPSA) is 107 Å². The molecule has 2 aromatic heterocycles. The molecular weight excluding hydrogens is 416 g/mol. The molecule has 0 spiro atoms. The van der Waals surface area contributed by atoms with Gasteiger partial charge in [0.15, 0.2) is 21.5 Å². The van der Waals surface area contributed by atoms with Gasteiger partial charge in [0.05, 0.1) is 29.4 Å². The summed E-state index contributed by atoms with van der Waals surface area (Å²) < 4.78 is 31.1. The molecule has 3 aromatic rings. The molecule has 1 N–H and O–H groups in total. The number of anilines is 1. The minimum Gasteiger partial charge on any atom is -0.441 e. The summed E-state index contributed by atoms with van der Waals surface area (Å²) in [5, 5.41) is 7.24. The van der Waals surface area contributed by atoms with Gasteiger partial charge in [-0.25, -0.2) is 18.1 Å². The van der Waals surface area contributed by atoms with Crippen LogP contribution < -0.4 is 5.32 Å². The summed E-state index contributed by atoms with van der Waals surface area (Å²) in [6.07, 6.45) is 2.74. The maximum atomic E-state index is 12.5. The maximum Gasteiger partial charge on any atom is 0.226 e. The Morgan fingerprint density at radius 1 is 1.23 bits per heavy atom. The molecule has 1 unspecified atom stereocenters. The molecule has 0 aliphatic carbocycles. The lowest BCUT2D eigenvalue weighted by Gasteiger charge is -2.13. The molecule has 1 aliphatic rings. The number of nitrogens with one attached hydrogen (secondary N) is 1. The number of aromatic nitrogens is 3. The molecule has 8 nitrogen and oxygen atoms in total. The summed E-state index contributed by atoms with van der Waals surface area (Å²) >= 11 is 0. The van der Waals surface area contributed by atoms with Crippen LogP contribution in [0.1, 0.15) is 41.6 Å². The van der Waals surface area contributed by atoms with Gasteiger partial charge in [-0.1, -0.05) is 12.1 Å². The van der Waals surface area contributed by atoms with E-state index in [1.54, 1.807) is 16.9 Å². The van der Waals surface area contributed by atoms with E-state index in [1.165, 1.54) is 11.1 Å². The van der Waals surface area contributed by atoms with E-state index in [2.05, 4.69) is 28.4 Å². The molecule has 1 amide bonds. The van der Waals surface area contributed by atoms with Crippen molar-refractivity contribution in [1.82, 2.24) is 14.8 Å². The van der Waals surface area contributed by atoms with Gasteiger partial charge >= 0.3 is 0 Å². The van der Waals surface area contributed by atoms with Crippen LogP contribution in [-0.2, 0) is 21.1 Å². The van der Waals surface area contributed by atoms with Crippen molar-refractivity contribution in [1.29, 1.82) is 0 Å². The first kappa shape index (κ1) is 21.3. The summed E-state index contributed by atoms with van der Waals surface area (Å²) in [5.74, 6) is 1.69. The second-order valence-corrected chi connectivity index (χ2v) is 10.4. The molecule has 0 bridgehead atoms. The van der Waals surface area contributed by atoms with Crippen molar-refractivity contribution in [2.24, 2.45) is 0 Å². The number of sulfone groups is 1. The third kappa shape index (κ3) is 4.87. The van der Waals surface area contributed by atoms with E-state index in [0.29, 0.717) is 30.3 Å². The van der Waals surface area contributed by atoms with Crippen LogP contribution in [0.5, 0.6) is 0 Å². The van der Waals surface area contributed by atoms with Crippen LogP contribution in [0.3, 0.4) is 0 Å². The number of rotatable bonds is 6. The van der Waals surface area contributed by atoms with Gasteiger partial charge in [-0.2, -0.15) is 5.10 Å². The van der Waals surface area contributed by atoms with E-state index in [-0.39, 0.29) is 29.9 Å². The van der Waals surface area contributed by atoms with Crippen molar-refractivity contribution in [2.75, 3.05) is 16.8 Å². The number of oxazole rings is 1. The summed E-state index contributed by atoms with van der Waals surface area (Å²) in [7, 11) is -3.05. The van der Waals surface area contributed by atoms with Gasteiger partial charge in [-0.05, 0) is 44.4 Å². The number of hydrogen-bond acceptors (Lipinski definition) is 6. The second kappa shape index (κ2) is 8.30. The van der Waals surface area contributed by atoms with Gasteiger partial charge in [0, 0.05) is 24.5 Å². The normalized spacial score (nSPS) is 17.7. The standard InChI is InChI=1S/C22H26N4O4S/c1-14-4-5-17(10-15(14)2)19-12-23-22(30-19)7-6-21(27)24-20-11-16(3)25-26(20)18-8-9-31(28,29)13-18/h4-5,10-12,18H,6-9,13H2,1-3H3,(H,24,27). The molecule has 4 rings (SSSR count). The van der Waals surface area contributed by atoms with Crippen LogP contribution in [0.15, 0.2) is 34.9 Å². The zero-order chi connectivity index (χ0) is 22.2. The highest BCUT2D eigenvalue weighted by Crippen LogP contribution is 2.27. The molecule has 1 fully saturated rings. The van der Waals surface area contributed by atoms with Gasteiger partial charge in [-0.15, -0.1) is 0 Å². The molecule has 0 radical (unpaired) electrons. The smallest absolute Gasteiger partial charge is 0.226 e. The summed E-state index contributed by atoms with van der Waals surface area (Å²) in [6.45, 7) is 5.92. The highest BCUT2D eigenvalue weighted by atomic mass is 32.2. The molecule has 1 atom stereocenters. The zero-order valence-electron chi connectivity index (χ0n) is 17.9. The van der Waals surface area contributed by atoms with E-state index in [4.69, 9.17) is 4.42 Å². The van der Waals surface area contributed by atoms with Crippen molar-refractivity contribution in [3.63, 3.8) is 0 Å². The minimum atomic E-state index is -3.05. The fraction of sp³-hybridized carbons (Fsp3) is 0.409. The van der Waals surface area contributed by atoms with Crippen LogP contribution in [0.25, 0.3) is 11.3 Å². The predicted octanol–water partition coefficient (Wildman–Crippen LogP) is 3.39. The first-order chi connectivity index (χ1) is 14.7. The Kier molecular flexibility index (Phi) is 5.70. The Morgan fingerprint density at radius 3 is 2.74 bits per heavy atom. The number of benzene rings is 1. The summed E-state index contributed by atoms with van der Waals surface area (Å²) in [5.41, 5.74) is 4.07. The second-order valence-electron chi connectivity index (χ2n) is 8.14. The van der Waals surface area contributed by atoms with Crippen molar-refractivity contribution in [3.8, 4) is 11.3 Å². The lowest BCUT2D eigenvalue weighted by atomic mass is 10.1. The number of hydrogen-bond donors (Lipinski definition) is 1. The molecule has 1 aromatic carbocycles. The molecular formula is C22H26N4O4S. The number of carbonyl (C=O) groups excluding carboxylic acids is 1. The van der Waals surface area contributed by atoms with Gasteiger partial charge in [-0.3, -0.25) is 4.79 Å². The van der Waals surface area contributed by atoms with Crippen LogP contribution in [-0.4, -0.2) is 40.6 Å². The van der Waals surface area contributed by atoms with Gasteiger partial charge in [0.1, 0.15) is 5.82 Å². The molecule has 9 heteroatoms. The van der Waals surface area contributed by atoms with E-state index in [1.807, 2.05) is 26.0 Å². The van der Waals surface area contributed by atoms with Crippen LogP contribution in [0.2, 0.25) is 0 Å². The van der Waals surface area contributed by atoms with E-state index in [0.717, 1.165) is 11.3 Å². The molecule has 1 aliphatic heterocycles. The first-order valence-corrected chi connectivity index (χ1v) is 12.1. The quantitative estimate of drug-likeness (QED) is 0.627. The maximum absolute atomic E-state index is 12.5. The molecule has 3 heterocycles. The van der Waals surface area contributed by atoms with Gasteiger partial charge in [0.2, 0.25) is 5.91 Å². The SMILES string of the molecule is Cc1cc(NC(=O)CCc2ncc(-c3ccc(C)c(C)c3)o2)n(C2CCS(=O)(=O)C2)n1. The van der Waals surface area contributed by atoms with Gasteiger partial charge < -0.3 is 9.73 Å². The molecule has 31 heavy (non-hydrogen) atoms. The minimum absolute atomic E-state index is 0.0502. The highest BCUT2D eigenvalue weighted by molar-refractivity contribution is 7.91. The number of carbonyl (C=O) groups is 1. The fourth-order valence-electron chi connectivity index (χ4n) is 3.74. The Labute approximate surface area is 181 Å². The van der Waals surface area contributed by atoms with Crippen molar-refractivity contribution >= 4 is 21.6 Å². The van der Waals surface area contributed by atoms with Gasteiger partial charge in [0.25, 0.3) is 0 Å². The van der Waals surface area contributed by atoms with E-state index < -0.39 is 9.84 Å². The molecule has 1 saturated heterocycles. The predicted molar refractivity (Wildman–Crippen MR) is 118 cm³/mol. The van der Waals surface area contributed by atoms with Crippen molar-refractivity contribution in [3.05, 3.63) is 53.2 Å². The van der Waals surface area contributed by atoms with Crippen LogP contribution in [0.4, 0.5) is 5.82 Å². The Balaban J connectivity index is 1.38. The summed E-state index contributed by atoms with van der Waals surface area (Å²) in [4.78, 5) is 16.8. The van der Waals surface area contributed by atoms with E-state index >= 15 is 0 Å². The highest BCUT2D eigenvalue weighted by Gasteiger charge is 2.31. The average Bonchev–Trinajstić information content (AvgIpc) is 3.41. The van der Waals surface area contributed by atoms with Crippen molar-refractivity contribution < 1.29 is 17.6 Å². The van der Waals surface area contributed by atoms with Crippen molar-refractivity contribution in [2.45, 2.75) is 46.1 Å². The summed E-state index contributed by atoms with van der Waals surface area (Å²) in [6, 6.07) is 7.60. The Morgan fingerprint density at radius 2 is 2.03 bits per heavy atom. The monoisotopic (exact) mass is 442 g/mol. The fourth-order valence-corrected chi connectivity index (χ4v) is 5.43.